The Labute approximate surface area is 120 Å². The van der Waals surface area contributed by atoms with Crippen molar-refractivity contribution >= 4 is 5.91 Å². The molecule has 1 fully saturated rings. The molecule has 1 heterocycles. The van der Waals surface area contributed by atoms with Crippen molar-refractivity contribution in [3.63, 3.8) is 0 Å². The lowest BCUT2D eigenvalue weighted by molar-refractivity contribution is -0.130. The number of likely N-dealkylation sites (tertiary alicyclic amines) is 1. The summed E-state index contributed by atoms with van der Waals surface area (Å²) in [5.74, 6) is 0.142. The van der Waals surface area contributed by atoms with Crippen LogP contribution in [0.1, 0.15) is 37.3 Å². The molecule has 1 aliphatic heterocycles. The predicted molar refractivity (Wildman–Crippen MR) is 79.1 cm³/mol. The molecule has 1 aliphatic rings. The van der Waals surface area contributed by atoms with Crippen LogP contribution in [0.5, 0.6) is 0 Å². The van der Waals surface area contributed by atoms with Gasteiger partial charge in [-0.2, -0.15) is 0 Å². The van der Waals surface area contributed by atoms with Gasteiger partial charge in [0.1, 0.15) is 0 Å². The summed E-state index contributed by atoms with van der Waals surface area (Å²) in [5.41, 5.74) is 7.03. The average Bonchev–Trinajstić information content (AvgIpc) is 2.60. The predicted octanol–water partition coefficient (Wildman–Crippen LogP) is 1.45. The Morgan fingerprint density at radius 3 is 2.55 bits per heavy atom. The van der Waals surface area contributed by atoms with E-state index in [0.717, 1.165) is 30.5 Å². The van der Waals surface area contributed by atoms with Gasteiger partial charge in [-0.05, 0) is 37.3 Å². The fourth-order valence-electron chi connectivity index (χ4n) is 2.59. The largest absolute Gasteiger partial charge is 0.390 e. The number of carbonyl (C=O) groups is 1. The molecule has 20 heavy (non-hydrogen) atoms. The van der Waals surface area contributed by atoms with E-state index < -0.39 is 5.60 Å². The van der Waals surface area contributed by atoms with Gasteiger partial charge in [0.2, 0.25) is 5.91 Å². The number of amides is 1. The van der Waals surface area contributed by atoms with Crippen LogP contribution in [-0.4, -0.2) is 34.6 Å². The van der Waals surface area contributed by atoms with Gasteiger partial charge < -0.3 is 15.7 Å². The summed E-state index contributed by atoms with van der Waals surface area (Å²) < 4.78 is 0. The molecule has 4 heteroatoms. The number of carbonyl (C=O) groups excluding carboxylic acids is 1. The van der Waals surface area contributed by atoms with E-state index in [4.69, 9.17) is 5.73 Å². The number of aliphatic hydroxyl groups is 1. The summed E-state index contributed by atoms with van der Waals surface area (Å²) in [6.07, 6.45) is 2.71. The SMILES string of the molecule is CC1(O)CCCN(C(=O)Cc2ccc(CN)cc2)CC1. The summed E-state index contributed by atoms with van der Waals surface area (Å²) in [6, 6.07) is 7.87. The number of nitrogens with two attached hydrogens (primary N) is 1. The molecule has 1 aromatic carbocycles. The second-order valence-electron chi connectivity index (χ2n) is 5.93. The molecule has 4 nitrogen and oxygen atoms in total. The third kappa shape index (κ3) is 4.05. The summed E-state index contributed by atoms with van der Waals surface area (Å²) in [6.45, 7) is 3.77. The molecule has 1 unspecified atom stereocenters. The highest BCUT2D eigenvalue weighted by molar-refractivity contribution is 5.78. The van der Waals surface area contributed by atoms with Crippen LogP contribution < -0.4 is 5.73 Å². The van der Waals surface area contributed by atoms with E-state index in [9.17, 15) is 9.90 Å². The molecular formula is C16H24N2O2. The third-order valence-corrected chi connectivity index (χ3v) is 4.03. The van der Waals surface area contributed by atoms with Crippen molar-refractivity contribution in [1.29, 1.82) is 0 Å². The van der Waals surface area contributed by atoms with Crippen LogP contribution in [-0.2, 0) is 17.8 Å². The molecule has 0 radical (unpaired) electrons. The zero-order valence-electron chi connectivity index (χ0n) is 12.1. The first-order valence-corrected chi connectivity index (χ1v) is 7.28. The van der Waals surface area contributed by atoms with Gasteiger partial charge in [0.25, 0.3) is 0 Å². The molecule has 1 saturated heterocycles. The molecule has 110 valence electrons. The fourth-order valence-corrected chi connectivity index (χ4v) is 2.59. The normalized spacial score (nSPS) is 23.4. The van der Waals surface area contributed by atoms with Gasteiger partial charge >= 0.3 is 0 Å². The molecule has 0 aromatic heterocycles. The molecule has 0 bridgehead atoms. The van der Waals surface area contributed by atoms with E-state index >= 15 is 0 Å². The second kappa shape index (κ2) is 6.37. The minimum Gasteiger partial charge on any atom is -0.390 e. The van der Waals surface area contributed by atoms with Gasteiger partial charge in [-0.3, -0.25) is 4.79 Å². The van der Waals surface area contributed by atoms with Crippen molar-refractivity contribution in [2.24, 2.45) is 5.73 Å². The van der Waals surface area contributed by atoms with Crippen LogP contribution in [0.15, 0.2) is 24.3 Å². The van der Waals surface area contributed by atoms with Crippen molar-refractivity contribution in [3.8, 4) is 0 Å². The molecule has 2 rings (SSSR count). The summed E-state index contributed by atoms with van der Waals surface area (Å²) in [5, 5.41) is 10.1. The first-order chi connectivity index (χ1) is 9.50. The number of nitrogens with zero attached hydrogens (tertiary/aromatic N) is 1. The first kappa shape index (κ1) is 15.0. The van der Waals surface area contributed by atoms with Gasteiger partial charge in [-0.1, -0.05) is 24.3 Å². The Balaban J connectivity index is 1.93. The molecule has 1 atom stereocenters. The van der Waals surface area contributed by atoms with E-state index in [2.05, 4.69) is 0 Å². The van der Waals surface area contributed by atoms with Gasteiger partial charge in [-0.25, -0.2) is 0 Å². The van der Waals surface area contributed by atoms with Gasteiger partial charge in [0.05, 0.1) is 12.0 Å². The maximum Gasteiger partial charge on any atom is 0.226 e. The molecule has 0 aliphatic carbocycles. The molecule has 0 saturated carbocycles. The van der Waals surface area contributed by atoms with Gasteiger partial charge in [0.15, 0.2) is 0 Å². The molecule has 3 N–H and O–H groups in total. The van der Waals surface area contributed by atoms with E-state index in [1.54, 1.807) is 0 Å². The van der Waals surface area contributed by atoms with Crippen LogP contribution in [0.4, 0.5) is 0 Å². The summed E-state index contributed by atoms with van der Waals surface area (Å²) >= 11 is 0. The van der Waals surface area contributed by atoms with Crippen molar-refractivity contribution in [2.45, 2.75) is 44.8 Å². The Kier molecular flexibility index (Phi) is 4.78. The zero-order chi connectivity index (χ0) is 14.6. The highest BCUT2D eigenvalue weighted by atomic mass is 16.3. The molecular weight excluding hydrogens is 252 g/mol. The van der Waals surface area contributed by atoms with E-state index in [1.165, 1.54) is 0 Å². The minimum atomic E-state index is -0.627. The van der Waals surface area contributed by atoms with Crippen LogP contribution in [0.3, 0.4) is 0 Å². The van der Waals surface area contributed by atoms with Crippen molar-refractivity contribution in [1.82, 2.24) is 4.90 Å². The first-order valence-electron chi connectivity index (χ1n) is 7.28. The Morgan fingerprint density at radius 2 is 1.90 bits per heavy atom. The smallest absolute Gasteiger partial charge is 0.226 e. The van der Waals surface area contributed by atoms with Crippen LogP contribution in [0.25, 0.3) is 0 Å². The van der Waals surface area contributed by atoms with E-state index in [1.807, 2.05) is 36.1 Å². The van der Waals surface area contributed by atoms with Gasteiger partial charge in [-0.15, -0.1) is 0 Å². The second-order valence-corrected chi connectivity index (χ2v) is 5.93. The highest BCUT2D eigenvalue weighted by Crippen LogP contribution is 2.21. The number of benzene rings is 1. The van der Waals surface area contributed by atoms with Crippen molar-refractivity contribution in [3.05, 3.63) is 35.4 Å². The quantitative estimate of drug-likeness (QED) is 0.878. The van der Waals surface area contributed by atoms with Crippen LogP contribution >= 0.6 is 0 Å². The summed E-state index contributed by atoms with van der Waals surface area (Å²) in [4.78, 5) is 14.2. The van der Waals surface area contributed by atoms with Crippen LogP contribution in [0, 0.1) is 0 Å². The highest BCUT2D eigenvalue weighted by Gasteiger charge is 2.26. The lowest BCUT2D eigenvalue weighted by atomic mass is 9.98. The Morgan fingerprint density at radius 1 is 1.25 bits per heavy atom. The standard InChI is InChI=1S/C16H24N2O2/c1-16(20)7-2-9-18(10-8-16)15(19)11-13-3-5-14(12-17)6-4-13/h3-6,20H,2,7-12,17H2,1H3. The van der Waals surface area contributed by atoms with Gasteiger partial charge in [0, 0.05) is 19.6 Å². The molecule has 1 amide bonds. The Hall–Kier alpha value is -1.39. The zero-order valence-corrected chi connectivity index (χ0v) is 12.1. The lowest BCUT2D eigenvalue weighted by Gasteiger charge is -2.22. The number of rotatable bonds is 3. The maximum absolute atomic E-state index is 12.3. The monoisotopic (exact) mass is 276 g/mol. The van der Waals surface area contributed by atoms with Crippen molar-refractivity contribution < 1.29 is 9.90 Å². The Bertz CT molecular complexity index is 454. The minimum absolute atomic E-state index is 0.142. The number of hydrogen-bond acceptors (Lipinski definition) is 3. The fraction of sp³-hybridized carbons (Fsp3) is 0.562. The third-order valence-electron chi connectivity index (χ3n) is 4.03. The maximum atomic E-state index is 12.3. The van der Waals surface area contributed by atoms with Crippen molar-refractivity contribution in [2.75, 3.05) is 13.1 Å². The molecule has 0 spiro atoms. The van der Waals surface area contributed by atoms with E-state index in [0.29, 0.717) is 25.9 Å². The van der Waals surface area contributed by atoms with Crippen LogP contribution in [0.2, 0.25) is 0 Å². The topological polar surface area (TPSA) is 66.6 Å². The van der Waals surface area contributed by atoms with E-state index in [-0.39, 0.29) is 5.91 Å². The number of hydrogen-bond donors (Lipinski definition) is 2. The molecule has 1 aromatic rings. The average molecular weight is 276 g/mol. The summed E-state index contributed by atoms with van der Waals surface area (Å²) in [7, 11) is 0. The lowest BCUT2D eigenvalue weighted by Crippen LogP contribution is -2.34.